The van der Waals surface area contributed by atoms with Crippen molar-refractivity contribution in [3.63, 3.8) is 0 Å². The first-order valence-corrected chi connectivity index (χ1v) is 6.74. The van der Waals surface area contributed by atoms with Crippen LogP contribution in [-0.4, -0.2) is 5.78 Å². The van der Waals surface area contributed by atoms with Crippen molar-refractivity contribution in [1.29, 1.82) is 0 Å². The maximum Gasteiger partial charge on any atom is 0.163 e. The summed E-state index contributed by atoms with van der Waals surface area (Å²) in [5.74, 6) is 0.188. The molecule has 1 heterocycles. The standard InChI is InChI=1S/C14H13ClOS/c1-10-9-11(15)4-6-13(10)14(16)7-5-12-3-2-8-17-12/h2-4,6,8-9H,5,7H2,1H3. The van der Waals surface area contributed by atoms with Crippen LogP contribution in [0.4, 0.5) is 0 Å². The quantitative estimate of drug-likeness (QED) is 0.742. The number of ketones is 1. The second kappa shape index (κ2) is 5.48. The molecule has 1 nitrogen and oxygen atoms in total. The predicted molar refractivity (Wildman–Crippen MR) is 73.2 cm³/mol. The SMILES string of the molecule is Cc1cc(Cl)ccc1C(=O)CCc1cccs1. The summed E-state index contributed by atoms with van der Waals surface area (Å²) >= 11 is 7.56. The van der Waals surface area contributed by atoms with Crippen LogP contribution in [0.25, 0.3) is 0 Å². The van der Waals surface area contributed by atoms with E-state index in [0.29, 0.717) is 11.4 Å². The molecule has 0 atom stereocenters. The van der Waals surface area contributed by atoms with E-state index in [9.17, 15) is 4.79 Å². The summed E-state index contributed by atoms with van der Waals surface area (Å²) in [4.78, 5) is 13.3. The van der Waals surface area contributed by atoms with E-state index in [0.717, 1.165) is 17.5 Å². The highest BCUT2D eigenvalue weighted by Gasteiger charge is 2.09. The Kier molecular flexibility index (Phi) is 3.97. The van der Waals surface area contributed by atoms with Crippen LogP contribution in [0.2, 0.25) is 5.02 Å². The molecule has 0 aliphatic carbocycles. The molecule has 0 saturated carbocycles. The molecule has 0 unspecified atom stereocenters. The first-order valence-electron chi connectivity index (χ1n) is 5.48. The number of thiophene rings is 1. The van der Waals surface area contributed by atoms with Gasteiger partial charge in [-0.3, -0.25) is 4.79 Å². The second-order valence-electron chi connectivity index (χ2n) is 3.96. The van der Waals surface area contributed by atoms with E-state index in [2.05, 4.69) is 6.07 Å². The molecule has 0 amide bonds. The minimum atomic E-state index is 0.188. The Morgan fingerprint density at radius 3 is 2.82 bits per heavy atom. The zero-order valence-corrected chi connectivity index (χ0v) is 11.1. The van der Waals surface area contributed by atoms with Gasteiger partial charge in [-0.05, 0) is 48.6 Å². The number of Topliss-reactive ketones (excluding diaryl/α,β-unsaturated/α-hetero) is 1. The molecule has 0 N–H and O–H groups in total. The van der Waals surface area contributed by atoms with Gasteiger partial charge in [0, 0.05) is 21.9 Å². The van der Waals surface area contributed by atoms with Crippen LogP contribution in [0, 0.1) is 6.92 Å². The summed E-state index contributed by atoms with van der Waals surface area (Å²) in [6.45, 7) is 1.92. The van der Waals surface area contributed by atoms with E-state index in [1.807, 2.05) is 30.5 Å². The molecule has 88 valence electrons. The molecule has 1 aromatic heterocycles. The van der Waals surface area contributed by atoms with Gasteiger partial charge in [0.15, 0.2) is 5.78 Å². The summed E-state index contributed by atoms with van der Waals surface area (Å²) in [5, 5.41) is 2.71. The maximum atomic E-state index is 12.0. The average Bonchev–Trinajstić information content (AvgIpc) is 2.78. The van der Waals surface area contributed by atoms with Gasteiger partial charge in [0.2, 0.25) is 0 Å². The van der Waals surface area contributed by atoms with Gasteiger partial charge in [-0.1, -0.05) is 17.7 Å². The Labute approximate surface area is 110 Å². The average molecular weight is 265 g/mol. The zero-order chi connectivity index (χ0) is 12.3. The van der Waals surface area contributed by atoms with Crippen LogP contribution in [0.3, 0.4) is 0 Å². The lowest BCUT2D eigenvalue weighted by molar-refractivity contribution is 0.0982. The fourth-order valence-electron chi connectivity index (χ4n) is 1.77. The highest BCUT2D eigenvalue weighted by atomic mass is 35.5. The number of hydrogen-bond acceptors (Lipinski definition) is 2. The van der Waals surface area contributed by atoms with Gasteiger partial charge in [-0.2, -0.15) is 0 Å². The molecular weight excluding hydrogens is 252 g/mol. The Hall–Kier alpha value is -1.12. The molecular formula is C14H13ClOS. The van der Waals surface area contributed by atoms with Crippen molar-refractivity contribution in [2.45, 2.75) is 19.8 Å². The predicted octanol–water partition coefficient (Wildman–Crippen LogP) is 4.53. The van der Waals surface area contributed by atoms with Crippen LogP contribution >= 0.6 is 22.9 Å². The highest BCUT2D eigenvalue weighted by Crippen LogP contribution is 2.18. The van der Waals surface area contributed by atoms with E-state index >= 15 is 0 Å². The van der Waals surface area contributed by atoms with Gasteiger partial charge in [-0.25, -0.2) is 0 Å². The molecule has 0 saturated heterocycles. The summed E-state index contributed by atoms with van der Waals surface area (Å²) < 4.78 is 0. The van der Waals surface area contributed by atoms with Crippen molar-refractivity contribution >= 4 is 28.7 Å². The maximum absolute atomic E-state index is 12.0. The van der Waals surface area contributed by atoms with Crippen molar-refractivity contribution in [1.82, 2.24) is 0 Å². The summed E-state index contributed by atoms with van der Waals surface area (Å²) in [5.41, 5.74) is 1.74. The largest absolute Gasteiger partial charge is 0.294 e. The number of carbonyl (C=O) groups excluding carboxylic acids is 1. The smallest absolute Gasteiger partial charge is 0.163 e. The molecule has 0 spiro atoms. The fourth-order valence-corrected chi connectivity index (χ4v) is 2.70. The number of benzene rings is 1. The third-order valence-corrected chi connectivity index (χ3v) is 3.84. The van der Waals surface area contributed by atoms with Crippen LogP contribution in [0.15, 0.2) is 35.7 Å². The van der Waals surface area contributed by atoms with Gasteiger partial charge in [0.25, 0.3) is 0 Å². The van der Waals surface area contributed by atoms with Gasteiger partial charge in [0.1, 0.15) is 0 Å². The fraction of sp³-hybridized carbons (Fsp3) is 0.214. The zero-order valence-electron chi connectivity index (χ0n) is 9.57. The van der Waals surface area contributed by atoms with E-state index in [-0.39, 0.29) is 5.78 Å². The Morgan fingerprint density at radius 1 is 1.35 bits per heavy atom. The minimum absolute atomic E-state index is 0.188. The van der Waals surface area contributed by atoms with Gasteiger partial charge in [-0.15, -0.1) is 11.3 Å². The van der Waals surface area contributed by atoms with Crippen LogP contribution in [-0.2, 0) is 6.42 Å². The number of hydrogen-bond donors (Lipinski definition) is 0. The van der Waals surface area contributed by atoms with Crippen molar-refractivity contribution in [3.05, 3.63) is 56.7 Å². The lowest BCUT2D eigenvalue weighted by Gasteiger charge is -2.04. The first-order chi connectivity index (χ1) is 8.16. The van der Waals surface area contributed by atoms with Gasteiger partial charge in [0.05, 0.1) is 0 Å². The van der Waals surface area contributed by atoms with E-state index in [1.165, 1.54) is 4.88 Å². The third kappa shape index (κ3) is 3.18. The van der Waals surface area contributed by atoms with Crippen molar-refractivity contribution in [3.8, 4) is 0 Å². The van der Waals surface area contributed by atoms with Gasteiger partial charge >= 0.3 is 0 Å². The molecule has 2 rings (SSSR count). The van der Waals surface area contributed by atoms with Crippen LogP contribution < -0.4 is 0 Å². The first kappa shape index (κ1) is 12.3. The Balaban J connectivity index is 2.04. The molecule has 0 fully saturated rings. The van der Waals surface area contributed by atoms with Crippen LogP contribution in [0.5, 0.6) is 0 Å². The second-order valence-corrected chi connectivity index (χ2v) is 5.43. The van der Waals surface area contributed by atoms with Crippen LogP contribution in [0.1, 0.15) is 27.2 Å². The molecule has 0 aliphatic heterocycles. The van der Waals surface area contributed by atoms with Crippen molar-refractivity contribution in [2.75, 3.05) is 0 Å². The summed E-state index contributed by atoms with van der Waals surface area (Å²) in [7, 11) is 0. The lowest BCUT2D eigenvalue weighted by atomic mass is 10.0. The number of carbonyl (C=O) groups is 1. The summed E-state index contributed by atoms with van der Waals surface area (Å²) in [6.07, 6.45) is 1.38. The van der Waals surface area contributed by atoms with E-state index < -0.39 is 0 Å². The Morgan fingerprint density at radius 2 is 2.18 bits per heavy atom. The molecule has 17 heavy (non-hydrogen) atoms. The molecule has 1 aromatic carbocycles. The van der Waals surface area contributed by atoms with E-state index in [4.69, 9.17) is 11.6 Å². The summed E-state index contributed by atoms with van der Waals surface area (Å²) in [6, 6.07) is 9.49. The number of rotatable bonds is 4. The third-order valence-electron chi connectivity index (χ3n) is 2.67. The van der Waals surface area contributed by atoms with Crippen molar-refractivity contribution in [2.24, 2.45) is 0 Å². The molecule has 0 bridgehead atoms. The molecule has 2 aromatic rings. The topological polar surface area (TPSA) is 17.1 Å². The number of halogens is 1. The number of aryl methyl sites for hydroxylation is 2. The van der Waals surface area contributed by atoms with Crippen molar-refractivity contribution < 1.29 is 4.79 Å². The normalized spacial score (nSPS) is 10.5. The molecule has 0 aliphatic rings. The lowest BCUT2D eigenvalue weighted by Crippen LogP contribution is -2.02. The van der Waals surface area contributed by atoms with Gasteiger partial charge < -0.3 is 0 Å². The van der Waals surface area contributed by atoms with E-state index in [1.54, 1.807) is 17.4 Å². The monoisotopic (exact) mass is 264 g/mol. The minimum Gasteiger partial charge on any atom is -0.294 e. The molecule has 0 radical (unpaired) electrons. The highest BCUT2D eigenvalue weighted by molar-refractivity contribution is 7.09. The Bertz CT molecular complexity index is 517. The molecule has 3 heteroatoms.